The molecule has 1 aromatic carbocycles. The van der Waals surface area contributed by atoms with Crippen molar-refractivity contribution in [2.75, 3.05) is 13.7 Å². The molecule has 0 spiro atoms. The Hall–Kier alpha value is -1.69. The van der Waals surface area contributed by atoms with Gasteiger partial charge in [0.25, 0.3) is 0 Å². The van der Waals surface area contributed by atoms with E-state index in [0.717, 1.165) is 5.56 Å². The van der Waals surface area contributed by atoms with Gasteiger partial charge in [0.05, 0.1) is 13.2 Å². The van der Waals surface area contributed by atoms with Gasteiger partial charge in [-0.2, -0.15) is 0 Å². The summed E-state index contributed by atoms with van der Waals surface area (Å²) in [6.45, 7) is 2.53. The summed E-state index contributed by atoms with van der Waals surface area (Å²) < 4.78 is 17.4. The van der Waals surface area contributed by atoms with E-state index in [2.05, 4.69) is 15.4 Å². The van der Waals surface area contributed by atoms with Gasteiger partial charge in [0.15, 0.2) is 5.11 Å². The number of methoxy groups -OCH3 is 1. The summed E-state index contributed by atoms with van der Waals surface area (Å²) in [5, 5.41) is 6.62. The van der Waals surface area contributed by atoms with Gasteiger partial charge >= 0.3 is 5.97 Å². The third-order valence-corrected chi connectivity index (χ3v) is 3.05. The molecule has 4 nitrogen and oxygen atoms in total. The lowest BCUT2D eigenvalue weighted by Crippen LogP contribution is -2.37. The van der Waals surface area contributed by atoms with E-state index in [1.807, 2.05) is 6.92 Å². The number of nitrogens with one attached hydrogen (secondary N) is 2. The predicted molar refractivity (Wildman–Crippen MR) is 79.8 cm³/mol. The average molecular weight is 298 g/mol. The van der Waals surface area contributed by atoms with E-state index in [-0.39, 0.29) is 17.8 Å². The van der Waals surface area contributed by atoms with Gasteiger partial charge in [-0.1, -0.05) is 12.1 Å². The lowest BCUT2D eigenvalue weighted by molar-refractivity contribution is -0.140. The van der Waals surface area contributed by atoms with Gasteiger partial charge in [0.2, 0.25) is 0 Å². The summed E-state index contributed by atoms with van der Waals surface area (Å²) in [4.78, 5) is 10.9. The van der Waals surface area contributed by atoms with Gasteiger partial charge in [-0.25, -0.2) is 4.39 Å². The van der Waals surface area contributed by atoms with Crippen molar-refractivity contribution in [1.82, 2.24) is 10.6 Å². The van der Waals surface area contributed by atoms with E-state index in [4.69, 9.17) is 12.2 Å². The first kappa shape index (κ1) is 16.4. The molecule has 0 aliphatic rings. The molecular weight excluding hydrogens is 279 g/mol. The Morgan fingerprint density at radius 2 is 2.05 bits per heavy atom. The molecule has 2 N–H and O–H groups in total. The van der Waals surface area contributed by atoms with Crippen LogP contribution in [0.1, 0.15) is 31.4 Å². The van der Waals surface area contributed by atoms with E-state index in [1.165, 1.54) is 19.2 Å². The number of rotatable bonds is 6. The molecule has 0 amide bonds. The maximum atomic E-state index is 12.8. The van der Waals surface area contributed by atoms with Crippen molar-refractivity contribution in [1.29, 1.82) is 0 Å². The van der Waals surface area contributed by atoms with E-state index >= 15 is 0 Å². The molecule has 0 saturated heterocycles. The number of carbonyl (C=O) groups is 1. The fourth-order valence-corrected chi connectivity index (χ4v) is 1.90. The van der Waals surface area contributed by atoms with Crippen LogP contribution >= 0.6 is 12.2 Å². The van der Waals surface area contributed by atoms with Crippen LogP contribution < -0.4 is 10.6 Å². The fourth-order valence-electron chi connectivity index (χ4n) is 1.62. The zero-order valence-corrected chi connectivity index (χ0v) is 12.4. The van der Waals surface area contributed by atoms with Crippen molar-refractivity contribution >= 4 is 23.3 Å². The molecule has 0 fully saturated rings. The smallest absolute Gasteiger partial charge is 0.305 e. The highest BCUT2D eigenvalue weighted by Gasteiger charge is 2.07. The second kappa shape index (κ2) is 8.47. The number of esters is 1. The van der Waals surface area contributed by atoms with Gasteiger partial charge in [-0.05, 0) is 43.3 Å². The minimum Gasteiger partial charge on any atom is -0.469 e. The van der Waals surface area contributed by atoms with E-state index < -0.39 is 0 Å². The molecule has 1 rings (SSSR count). The molecule has 20 heavy (non-hydrogen) atoms. The monoisotopic (exact) mass is 298 g/mol. The highest BCUT2D eigenvalue weighted by atomic mass is 32.1. The van der Waals surface area contributed by atoms with Crippen LogP contribution in [0.4, 0.5) is 4.39 Å². The normalized spacial score (nSPS) is 11.6. The summed E-state index contributed by atoms with van der Waals surface area (Å²) >= 11 is 5.15. The first-order valence-electron chi connectivity index (χ1n) is 6.39. The quantitative estimate of drug-likeness (QED) is 0.479. The zero-order chi connectivity index (χ0) is 15.0. The minimum atomic E-state index is -0.260. The highest BCUT2D eigenvalue weighted by molar-refractivity contribution is 7.80. The maximum Gasteiger partial charge on any atom is 0.305 e. The molecule has 0 saturated carbocycles. The van der Waals surface area contributed by atoms with Crippen molar-refractivity contribution in [2.45, 2.75) is 25.8 Å². The minimum absolute atomic E-state index is 0.0174. The predicted octanol–water partition coefficient (Wildman–Crippen LogP) is 2.30. The van der Waals surface area contributed by atoms with Gasteiger partial charge < -0.3 is 15.4 Å². The van der Waals surface area contributed by atoms with Crippen LogP contribution in [0.25, 0.3) is 0 Å². The van der Waals surface area contributed by atoms with Gasteiger partial charge in [-0.3, -0.25) is 4.79 Å². The molecule has 0 unspecified atom stereocenters. The Morgan fingerprint density at radius 1 is 1.40 bits per heavy atom. The first-order chi connectivity index (χ1) is 9.52. The lowest BCUT2D eigenvalue weighted by atomic mass is 10.1. The Kier molecular flexibility index (Phi) is 6.93. The molecule has 1 aromatic rings. The fraction of sp³-hybridized carbons (Fsp3) is 0.429. The van der Waals surface area contributed by atoms with Crippen LogP contribution in [0.3, 0.4) is 0 Å². The first-order valence-corrected chi connectivity index (χ1v) is 6.80. The zero-order valence-electron chi connectivity index (χ0n) is 11.6. The third-order valence-electron chi connectivity index (χ3n) is 2.79. The number of halogens is 1. The van der Waals surface area contributed by atoms with Crippen LogP contribution in [-0.4, -0.2) is 24.7 Å². The second-order valence-electron chi connectivity index (χ2n) is 4.35. The highest BCUT2D eigenvalue weighted by Crippen LogP contribution is 2.12. The lowest BCUT2D eigenvalue weighted by Gasteiger charge is -2.17. The van der Waals surface area contributed by atoms with Crippen LogP contribution in [0.15, 0.2) is 24.3 Å². The Labute approximate surface area is 123 Å². The van der Waals surface area contributed by atoms with E-state index in [1.54, 1.807) is 12.1 Å². The summed E-state index contributed by atoms with van der Waals surface area (Å²) in [5.74, 6) is -0.491. The molecule has 0 bridgehead atoms. The van der Waals surface area contributed by atoms with E-state index in [0.29, 0.717) is 24.5 Å². The Balaban J connectivity index is 2.28. The standard InChI is InChI=1S/C14H19FN2O2S/c1-10(11-5-7-12(15)8-6-11)17-14(20)16-9-3-4-13(18)19-2/h5-8,10H,3-4,9H2,1-2H3,(H2,16,17,20)/t10-/m1/s1. The SMILES string of the molecule is COC(=O)CCCNC(=S)N[C@H](C)c1ccc(F)cc1. The molecule has 0 aromatic heterocycles. The number of ether oxygens (including phenoxy) is 1. The van der Waals surface area contributed by atoms with Crippen molar-refractivity contribution in [3.63, 3.8) is 0 Å². The van der Waals surface area contributed by atoms with Gasteiger partial charge in [0.1, 0.15) is 5.82 Å². The summed E-state index contributed by atoms with van der Waals surface area (Å²) in [5.41, 5.74) is 0.949. The molecule has 0 aliphatic heterocycles. The third kappa shape index (κ3) is 5.97. The molecule has 6 heteroatoms. The van der Waals surface area contributed by atoms with Crippen molar-refractivity contribution < 1.29 is 13.9 Å². The van der Waals surface area contributed by atoms with E-state index in [9.17, 15) is 9.18 Å². The molecule has 0 radical (unpaired) electrons. The average Bonchev–Trinajstić information content (AvgIpc) is 2.43. The maximum absolute atomic E-state index is 12.8. The molecule has 0 aliphatic carbocycles. The van der Waals surface area contributed by atoms with Gasteiger partial charge in [-0.15, -0.1) is 0 Å². The number of carbonyl (C=O) groups excluding carboxylic acids is 1. The number of hydrogen-bond acceptors (Lipinski definition) is 3. The molecule has 0 heterocycles. The van der Waals surface area contributed by atoms with Crippen molar-refractivity contribution in [3.8, 4) is 0 Å². The number of benzene rings is 1. The Bertz CT molecular complexity index is 451. The second-order valence-corrected chi connectivity index (χ2v) is 4.76. The van der Waals surface area contributed by atoms with Crippen molar-refractivity contribution in [2.24, 2.45) is 0 Å². The van der Waals surface area contributed by atoms with Crippen LogP contribution in [0.2, 0.25) is 0 Å². The summed E-state index contributed by atoms with van der Waals surface area (Å²) in [7, 11) is 1.37. The summed E-state index contributed by atoms with van der Waals surface area (Å²) in [6.07, 6.45) is 1.01. The summed E-state index contributed by atoms with van der Waals surface area (Å²) in [6, 6.07) is 6.25. The van der Waals surface area contributed by atoms with Crippen LogP contribution in [-0.2, 0) is 9.53 Å². The van der Waals surface area contributed by atoms with Crippen LogP contribution in [0, 0.1) is 5.82 Å². The number of thiocarbonyl (C=S) groups is 1. The molecule has 110 valence electrons. The molecule has 1 atom stereocenters. The van der Waals surface area contributed by atoms with Crippen molar-refractivity contribution in [3.05, 3.63) is 35.6 Å². The van der Waals surface area contributed by atoms with Gasteiger partial charge in [0, 0.05) is 13.0 Å². The molecular formula is C14H19FN2O2S. The number of hydrogen-bond donors (Lipinski definition) is 2. The van der Waals surface area contributed by atoms with Crippen LogP contribution in [0.5, 0.6) is 0 Å². The topological polar surface area (TPSA) is 50.4 Å². The largest absolute Gasteiger partial charge is 0.469 e. The Morgan fingerprint density at radius 3 is 2.65 bits per heavy atom.